The van der Waals surface area contributed by atoms with Crippen LogP contribution in [0.1, 0.15) is 89.2 Å². The Morgan fingerprint density at radius 2 is 1.39 bits per heavy atom. The number of anilines is 1. The molecule has 2 unspecified atom stereocenters. The number of nitrogens with zero attached hydrogens (tertiary/aromatic N) is 2. The molecule has 2 aromatic rings. The fraction of sp³-hybridized carbons (Fsp3) is 0.439. The van der Waals surface area contributed by atoms with E-state index in [1.165, 1.54) is 0 Å². The molecule has 2 N–H and O–H groups in total. The number of allylic oxidation sites excluding steroid dienone is 8. The van der Waals surface area contributed by atoms with Crippen molar-refractivity contribution in [2.75, 3.05) is 29.5 Å². The molecule has 0 saturated carbocycles. The van der Waals surface area contributed by atoms with E-state index in [1.807, 2.05) is 91.1 Å². The third kappa shape index (κ3) is 12.8. The van der Waals surface area contributed by atoms with Crippen molar-refractivity contribution in [1.82, 2.24) is 0 Å². The molecule has 0 spiro atoms. The van der Waals surface area contributed by atoms with Crippen LogP contribution >= 0.6 is 0 Å². The fourth-order valence-corrected chi connectivity index (χ4v) is 8.93. The van der Waals surface area contributed by atoms with Crippen molar-refractivity contribution in [3.8, 4) is 0 Å². The van der Waals surface area contributed by atoms with Gasteiger partial charge in [0.25, 0.3) is 10.1 Å². The van der Waals surface area contributed by atoms with E-state index in [4.69, 9.17) is 0 Å². The number of hydrogen-bond acceptors (Lipinski definition) is 9. The van der Waals surface area contributed by atoms with Crippen LogP contribution in [0.5, 0.6) is 0 Å². The molecule has 0 aromatic heterocycles. The number of carboxylic acids is 2. The summed E-state index contributed by atoms with van der Waals surface area (Å²) in [6, 6.07) is 15.8. The first-order valence-electron chi connectivity index (χ1n) is 18.6. The summed E-state index contributed by atoms with van der Waals surface area (Å²) in [5.41, 5.74) is 4.87. The molecule has 12 nitrogen and oxygen atoms in total. The molecular weight excluding hydrogens is 768 g/mol. The standard InChI is InChI=1S/C41H52N2O10S2.Na/c1-40(26-16-24-38(44)45)32-18-8-10-20-34(32)42(28-12-14-30-54(48,49)50)36(40)22-6-4-3-5-7-23-37-41(2,27-17-25-39(46)47)33-19-9-11-21-35(33)43(37)29-13-15-31-55(51,52)53;/h3-11,18-23H,12-17,24-31H2,1-2H3,(H3-,44,45,46,47,48,49,50,51,52,53);/q;+1/p-1. The topological polar surface area (TPSA) is 195 Å². The molecule has 2 aromatic carbocycles. The van der Waals surface area contributed by atoms with Crippen molar-refractivity contribution in [2.24, 2.45) is 0 Å². The zero-order chi connectivity index (χ0) is 40.3. The summed E-state index contributed by atoms with van der Waals surface area (Å²) in [7, 11) is -8.41. The summed E-state index contributed by atoms with van der Waals surface area (Å²) in [5, 5.41) is 20.6. The van der Waals surface area contributed by atoms with E-state index in [0.717, 1.165) is 33.9 Å². The maximum atomic E-state index is 11.4. The average Bonchev–Trinajstić information content (AvgIpc) is 3.47. The van der Waals surface area contributed by atoms with E-state index in [2.05, 4.69) is 23.3 Å². The second kappa shape index (κ2) is 20.9. The Morgan fingerprint density at radius 1 is 0.786 bits per heavy atom. The Kier molecular flexibility index (Phi) is 17.5. The minimum absolute atomic E-state index is 0. The van der Waals surface area contributed by atoms with Crippen LogP contribution in [0.15, 0.2) is 96.8 Å². The van der Waals surface area contributed by atoms with Gasteiger partial charge in [-0.15, -0.1) is 0 Å². The van der Waals surface area contributed by atoms with Crippen molar-refractivity contribution in [2.45, 2.75) is 88.9 Å². The largest absolute Gasteiger partial charge is 1.00 e. The van der Waals surface area contributed by atoms with Gasteiger partial charge in [0.15, 0.2) is 5.71 Å². The summed E-state index contributed by atoms with van der Waals surface area (Å²) in [6.07, 6.45) is 16.8. The van der Waals surface area contributed by atoms with Crippen molar-refractivity contribution < 1.29 is 79.9 Å². The van der Waals surface area contributed by atoms with Gasteiger partial charge in [-0.2, -0.15) is 13.0 Å². The normalized spacial score (nSPS) is 20.4. The van der Waals surface area contributed by atoms with Crippen molar-refractivity contribution >= 4 is 49.3 Å². The molecule has 2 aliphatic heterocycles. The Labute approximate surface area is 353 Å². The zero-order valence-electron chi connectivity index (χ0n) is 32.4. The van der Waals surface area contributed by atoms with Gasteiger partial charge in [0.1, 0.15) is 6.54 Å². The number of para-hydroxylation sites is 2. The second-order valence-corrected chi connectivity index (χ2v) is 17.6. The first kappa shape index (κ1) is 47.0. The van der Waals surface area contributed by atoms with Crippen LogP contribution in [0.2, 0.25) is 0 Å². The van der Waals surface area contributed by atoms with Gasteiger partial charge in [0.2, 0.25) is 5.69 Å². The van der Waals surface area contributed by atoms with Crippen LogP contribution in [0, 0.1) is 0 Å². The molecule has 56 heavy (non-hydrogen) atoms. The molecule has 0 amide bonds. The summed E-state index contributed by atoms with van der Waals surface area (Å²) in [6.45, 7) is 5.14. The first-order valence-corrected chi connectivity index (χ1v) is 21.8. The predicted octanol–water partition coefficient (Wildman–Crippen LogP) is 2.55. The molecule has 0 aliphatic carbocycles. The molecule has 2 aliphatic rings. The molecule has 2 atom stereocenters. The Balaban J connectivity index is 0.00000841. The van der Waals surface area contributed by atoms with E-state index in [0.29, 0.717) is 51.6 Å². The molecular formula is C41H51N2NaO10S2. The van der Waals surface area contributed by atoms with Gasteiger partial charge in [0.05, 0.1) is 21.3 Å². The number of carboxylic acid groups (broad SMARTS) is 2. The van der Waals surface area contributed by atoms with Crippen molar-refractivity contribution in [3.63, 3.8) is 0 Å². The van der Waals surface area contributed by atoms with Gasteiger partial charge in [-0.05, 0) is 82.9 Å². The number of fused-ring (bicyclic) bond motifs is 2. The summed E-state index contributed by atoms with van der Waals surface area (Å²) >= 11 is 0. The third-order valence-electron chi connectivity index (χ3n) is 10.4. The molecule has 0 radical (unpaired) electrons. The second-order valence-electron chi connectivity index (χ2n) is 14.5. The van der Waals surface area contributed by atoms with Gasteiger partial charge in [-0.1, -0.05) is 66.8 Å². The van der Waals surface area contributed by atoms with E-state index in [9.17, 15) is 45.7 Å². The number of carbonyl (C=O) groups is 2. The quantitative estimate of drug-likeness (QED) is 0.0583. The van der Waals surface area contributed by atoms with E-state index >= 15 is 0 Å². The smallest absolute Gasteiger partial charge is 0.748 e. The average molecular weight is 819 g/mol. The van der Waals surface area contributed by atoms with Crippen LogP contribution in [0.25, 0.3) is 0 Å². The molecule has 2 heterocycles. The van der Waals surface area contributed by atoms with Crippen LogP contribution in [-0.4, -0.2) is 77.9 Å². The number of aliphatic carboxylic acids is 2. The number of hydrogen-bond donors (Lipinski definition) is 2. The number of benzene rings is 2. The third-order valence-corrected chi connectivity index (χ3v) is 12.0. The molecule has 0 saturated heterocycles. The Bertz CT molecular complexity index is 2090. The maximum Gasteiger partial charge on any atom is 1.00 e. The number of rotatable bonds is 22. The maximum absolute atomic E-state index is 11.4. The van der Waals surface area contributed by atoms with E-state index < -0.39 is 48.8 Å². The SMILES string of the molecule is CC1(CCCC(=O)O)C(=CC=CC=CC=CC2=[N+](CCCCS(=O)(=O)O)c3ccccc3C2(C)CCCC(=O)[O-])N(CCCCS(=O)(=O)[O-])c2ccccc21.[Na+]. The van der Waals surface area contributed by atoms with Gasteiger partial charge < -0.3 is 24.5 Å². The van der Waals surface area contributed by atoms with Crippen LogP contribution < -0.4 is 39.6 Å². The van der Waals surface area contributed by atoms with Gasteiger partial charge >= 0.3 is 35.5 Å². The van der Waals surface area contributed by atoms with Crippen molar-refractivity contribution in [1.29, 1.82) is 0 Å². The Hall–Kier alpha value is -3.37. The fourth-order valence-electron chi connectivity index (χ4n) is 7.81. The van der Waals surface area contributed by atoms with Crippen LogP contribution in [-0.2, 0) is 40.7 Å². The van der Waals surface area contributed by atoms with Crippen molar-refractivity contribution in [3.05, 3.63) is 108 Å². The molecule has 15 heteroatoms. The van der Waals surface area contributed by atoms with Gasteiger partial charge in [-0.3, -0.25) is 9.35 Å². The summed E-state index contributed by atoms with van der Waals surface area (Å²) in [5.74, 6) is -2.75. The molecule has 298 valence electrons. The first-order chi connectivity index (χ1) is 26.0. The monoisotopic (exact) mass is 818 g/mol. The summed E-state index contributed by atoms with van der Waals surface area (Å²) in [4.78, 5) is 24.8. The van der Waals surface area contributed by atoms with Crippen LogP contribution in [0.3, 0.4) is 0 Å². The number of carbonyl (C=O) groups excluding carboxylic acids is 1. The summed E-state index contributed by atoms with van der Waals surface area (Å²) < 4.78 is 67.8. The zero-order valence-corrected chi connectivity index (χ0v) is 36.1. The Morgan fingerprint density at radius 3 is 2.07 bits per heavy atom. The molecule has 4 rings (SSSR count). The minimum Gasteiger partial charge on any atom is -0.748 e. The van der Waals surface area contributed by atoms with Crippen LogP contribution in [0.4, 0.5) is 11.4 Å². The van der Waals surface area contributed by atoms with E-state index in [1.54, 1.807) is 0 Å². The molecule has 0 bridgehead atoms. The predicted molar refractivity (Wildman–Crippen MR) is 210 cm³/mol. The van der Waals surface area contributed by atoms with Gasteiger partial charge in [0, 0.05) is 65.6 Å². The number of unbranched alkanes of at least 4 members (excludes halogenated alkanes) is 2. The van der Waals surface area contributed by atoms with Gasteiger partial charge in [-0.25, -0.2) is 8.42 Å². The molecule has 0 fully saturated rings. The van der Waals surface area contributed by atoms with E-state index in [-0.39, 0.29) is 61.0 Å². The minimum atomic E-state index is -4.33.